The minimum Gasteiger partial charge on any atom is -0.466 e. The number of esters is 1. The highest BCUT2D eigenvalue weighted by Gasteiger charge is 2.64. The zero-order valence-electron chi connectivity index (χ0n) is 14.7. The van der Waals surface area contributed by atoms with Crippen LogP contribution in [-0.4, -0.2) is 41.3 Å². The van der Waals surface area contributed by atoms with Gasteiger partial charge in [0.25, 0.3) is 0 Å². The van der Waals surface area contributed by atoms with Crippen LogP contribution in [0.3, 0.4) is 0 Å². The molecule has 5 heteroatoms. The molecule has 3 fully saturated rings. The van der Waals surface area contributed by atoms with Gasteiger partial charge in [-0.2, -0.15) is 0 Å². The highest BCUT2D eigenvalue weighted by Crippen LogP contribution is 2.60. The predicted molar refractivity (Wildman–Crippen MR) is 85.8 cm³/mol. The van der Waals surface area contributed by atoms with Gasteiger partial charge in [-0.25, -0.2) is 4.79 Å². The molecule has 23 heavy (non-hydrogen) atoms. The van der Waals surface area contributed by atoms with Crippen molar-refractivity contribution in [1.29, 1.82) is 0 Å². The number of fused-ring (bicyclic) bond motifs is 1. The fourth-order valence-corrected chi connectivity index (χ4v) is 4.28. The molecule has 5 nitrogen and oxygen atoms in total. The summed E-state index contributed by atoms with van der Waals surface area (Å²) in [5.41, 5.74) is -0.485. The normalized spacial score (nSPS) is 32.7. The summed E-state index contributed by atoms with van der Waals surface area (Å²) in [5, 5.41) is 0. The molecule has 0 aromatic heterocycles. The van der Waals surface area contributed by atoms with Crippen molar-refractivity contribution < 1.29 is 19.1 Å². The van der Waals surface area contributed by atoms with Crippen molar-refractivity contribution in [2.24, 2.45) is 17.8 Å². The fraction of sp³-hybridized carbons (Fsp3) is 0.889. The lowest BCUT2D eigenvalue weighted by atomic mass is 9.89. The average molecular weight is 323 g/mol. The van der Waals surface area contributed by atoms with Gasteiger partial charge >= 0.3 is 12.1 Å². The number of hydrogen-bond acceptors (Lipinski definition) is 4. The smallest absolute Gasteiger partial charge is 0.410 e. The molecule has 4 atom stereocenters. The van der Waals surface area contributed by atoms with Crippen molar-refractivity contribution in [2.45, 2.75) is 77.5 Å². The quantitative estimate of drug-likeness (QED) is 0.744. The Morgan fingerprint density at radius 3 is 2.35 bits per heavy atom. The topological polar surface area (TPSA) is 55.8 Å². The molecule has 0 radical (unpaired) electrons. The third-order valence-electron chi connectivity index (χ3n) is 5.46. The molecule has 130 valence electrons. The second kappa shape index (κ2) is 5.99. The first-order chi connectivity index (χ1) is 10.8. The molecule has 3 rings (SSSR count). The molecule has 0 bridgehead atoms. The molecule has 0 spiro atoms. The molecular weight excluding hydrogens is 294 g/mol. The first-order valence-corrected chi connectivity index (χ1v) is 9.01. The Labute approximate surface area is 138 Å². The van der Waals surface area contributed by atoms with Crippen LogP contribution in [0.2, 0.25) is 0 Å². The van der Waals surface area contributed by atoms with Crippen molar-refractivity contribution in [1.82, 2.24) is 4.90 Å². The maximum absolute atomic E-state index is 12.7. The Morgan fingerprint density at radius 1 is 1.13 bits per heavy atom. The summed E-state index contributed by atoms with van der Waals surface area (Å²) in [6.45, 7) is 7.98. The predicted octanol–water partition coefficient (Wildman–Crippen LogP) is 3.36. The van der Waals surface area contributed by atoms with Crippen LogP contribution in [0, 0.1) is 17.8 Å². The SMILES string of the molecule is CCOC(=O)[C@@H]1[C@H]2CC[C@H](N(C(=O)OC(C)(C)C)C3CCC3)[C@H]21. The van der Waals surface area contributed by atoms with E-state index in [1.165, 1.54) is 6.42 Å². The molecule has 3 aliphatic rings. The molecule has 1 amide bonds. The van der Waals surface area contributed by atoms with E-state index < -0.39 is 5.60 Å². The first kappa shape index (κ1) is 16.6. The Balaban J connectivity index is 1.71. The van der Waals surface area contributed by atoms with E-state index in [-0.39, 0.29) is 36.0 Å². The van der Waals surface area contributed by atoms with Gasteiger partial charge in [-0.3, -0.25) is 4.79 Å². The maximum atomic E-state index is 12.7. The van der Waals surface area contributed by atoms with Crippen molar-refractivity contribution in [3.05, 3.63) is 0 Å². The van der Waals surface area contributed by atoms with Gasteiger partial charge in [-0.1, -0.05) is 0 Å². The van der Waals surface area contributed by atoms with E-state index in [1.54, 1.807) is 0 Å². The molecule has 0 unspecified atom stereocenters. The summed E-state index contributed by atoms with van der Waals surface area (Å²) in [7, 11) is 0. The Bertz CT molecular complexity index is 480. The number of amides is 1. The van der Waals surface area contributed by atoms with E-state index in [9.17, 15) is 9.59 Å². The summed E-state index contributed by atoms with van der Waals surface area (Å²) < 4.78 is 10.8. The standard InChI is InChI=1S/C18H29NO4/c1-5-22-16(20)15-12-9-10-13(14(12)15)19(11-7-6-8-11)17(21)23-18(2,3)4/h11-15H,5-10H2,1-4H3/t12-,13-,14-,15+/m0/s1. The molecule has 0 N–H and O–H groups in total. The van der Waals surface area contributed by atoms with Crippen LogP contribution in [-0.2, 0) is 14.3 Å². The summed E-state index contributed by atoms with van der Waals surface area (Å²) in [6, 6.07) is 0.437. The third kappa shape index (κ3) is 3.20. The molecule has 0 aliphatic heterocycles. The van der Waals surface area contributed by atoms with Gasteiger partial charge in [-0.15, -0.1) is 0 Å². The molecular formula is C18H29NO4. The van der Waals surface area contributed by atoms with Crippen LogP contribution in [0.4, 0.5) is 4.79 Å². The lowest BCUT2D eigenvalue weighted by Crippen LogP contribution is -2.52. The average Bonchev–Trinajstić information content (AvgIpc) is 2.95. The van der Waals surface area contributed by atoms with E-state index in [1.807, 2.05) is 32.6 Å². The Hall–Kier alpha value is -1.26. The molecule has 0 saturated heterocycles. The summed E-state index contributed by atoms with van der Waals surface area (Å²) in [5.74, 6) is 0.606. The minimum absolute atomic E-state index is 0.00119. The minimum atomic E-state index is -0.485. The monoisotopic (exact) mass is 323 g/mol. The highest BCUT2D eigenvalue weighted by atomic mass is 16.6. The van der Waals surface area contributed by atoms with Crippen LogP contribution >= 0.6 is 0 Å². The molecule has 3 saturated carbocycles. The van der Waals surface area contributed by atoms with Gasteiger partial charge in [0.05, 0.1) is 12.5 Å². The molecule has 0 heterocycles. The van der Waals surface area contributed by atoms with Crippen LogP contribution in [0.25, 0.3) is 0 Å². The molecule has 0 aromatic rings. The first-order valence-electron chi connectivity index (χ1n) is 9.01. The number of rotatable bonds is 4. The zero-order chi connectivity index (χ0) is 16.8. The van der Waals surface area contributed by atoms with Crippen LogP contribution in [0.5, 0.6) is 0 Å². The van der Waals surface area contributed by atoms with E-state index in [0.717, 1.165) is 25.7 Å². The van der Waals surface area contributed by atoms with Crippen LogP contribution < -0.4 is 0 Å². The van der Waals surface area contributed by atoms with Crippen molar-refractivity contribution in [2.75, 3.05) is 6.61 Å². The number of carbonyl (C=O) groups is 2. The number of carbonyl (C=O) groups excluding carboxylic acids is 2. The second-order valence-corrected chi connectivity index (χ2v) is 8.14. The van der Waals surface area contributed by atoms with Crippen LogP contribution in [0.1, 0.15) is 59.8 Å². The molecule has 3 aliphatic carbocycles. The van der Waals surface area contributed by atoms with Crippen molar-refractivity contribution >= 4 is 12.1 Å². The lowest BCUT2D eigenvalue weighted by Gasteiger charge is -2.42. The number of hydrogen-bond donors (Lipinski definition) is 0. The lowest BCUT2D eigenvalue weighted by molar-refractivity contribution is -0.146. The van der Waals surface area contributed by atoms with Gasteiger partial charge < -0.3 is 14.4 Å². The third-order valence-corrected chi connectivity index (χ3v) is 5.46. The summed E-state index contributed by atoms with van der Waals surface area (Å²) in [6.07, 6.45) is 5.08. The van der Waals surface area contributed by atoms with Gasteiger partial charge in [0.15, 0.2) is 0 Å². The van der Waals surface area contributed by atoms with Crippen molar-refractivity contribution in [3.8, 4) is 0 Å². The Morgan fingerprint density at radius 2 is 1.83 bits per heavy atom. The van der Waals surface area contributed by atoms with E-state index in [0.29, 0.717) is 12.5 Å². The Kier molecular flexibility index (Phi) is 4.32. The second-order valence-electron chi connectivity index (χ2n) is 8.14. The van der Waals surface area contributed by atoms with Crippen LogP contribution in [0.15, 0.2) is 0 Å². The van der Waals surface area contributed by atoms with Crippen molar-refractivity contribution in [3.63, 3.8) is 0 Å². The van der Waals surface area contributed by atoms with E-state index in [4.69, 9.17) is 9.47 Å². The summed E-state index contributed by atoms with van der Waals surface area (Å²) in [4.78, 5) is 26.8. The fourth-order valence-electron chi connectivity index (χ4n) is 4.28. The van der Waals surface area contributed by atoms with Gasteiger partial charge in [-0.05, 0) is 71.6 Å². The number of ether oxygens (including phenoxy) is 2. The summed E-state index contributed by atoms with van der Waals surface area (Å²) >= 11 is 0. The zero-order valence-corrected chi connectivity index (χ0v) is 14.7. The largest absolute Gasteiger partial charge is 0.466 e. The molecule has 0 aromatic carbocycles. The van der Waals surface area contributed by atoms with Gasteiger partial charge in [0, 0.05) is 12.1 Å². The highest BCUT2D eigenvalue weighted by molar-refractivity contribution is 5.78. The van der Waals surface area contributed by atoms with E-state index >= 15 is 0 Å². The number of nitrogens with zero attached hydrogens (tertiary/aromatic N) is 1. The van der Waals surface area contributed by atoms with Gasteiger partial charge in [0.1, 0.15) is 5.60 Å². The van der Waals surface area contributed by atoms with E-state index in [2.05, 4.69) is 0 Å². The van der Waals surface area contributed by atoms with Gasteiger partial charge in [0.2, 0.25) is 0 Å². The maximum Gasteiger partial charge on any atom is 0.410 e.